The van der Waals surface area contributed by atoms with Crippen molar-refractivity contribution in [2.75, 3.05) is 7.11 Å². The molecule has 1 saturated heterocycles. The van der Waals surface area contributed by atoms with Crippen molar-refractivity contribution in [2.45, 2.75) is 19.4 Å². The molecule has 0 spiro atoms. The fourth-order valence-electron chi connectivity index (χ4n) is 2.07. The lowest BCUT2D eigenvalue weighted by molar-refractivity contribution is -0.125. The molecular formula is C13H15NO3. The average molecular weight is 233 g/mol. The summed E-state index contributed by atoms with van der Waals surface area (Å²) in [6.45, 7) is 0.559. The molecule has 4 nitrogen and oxygen atoms in total. The van der Waals surface area contributed by atoms with Gasteiger partial charge in [-0.2, -0.15) is 0 Å². The zero-order chi connectivity index (χ0) is 12.3. The molecule has 0 radical (unpaired) electrons. The van der Waals surface area contributed by atoms with Gasteiger partial charge < -0.3 is 4.74 Å². The molecule has 1 aliphatic rings. The summed E-state index contributed by atoms with van der Waals surface area (Å²) in [6.07, 6.45) is 0.905. The van der Waals surface area contributed by atoms with Gasteiger partial charge in [0, 0.05) is 13.5 Å². The fourth-order valence-corrected chi connectivity index (χ4v) is 2.07. The summed E-state index contributed by atoms with van der Waals surface area (Å²) in [5.41, 5.74) is 2.14. The Morgan fingerprint density at radius 3 is 2.76 bits per heavy atom. The van der Waals surface area contributed by atoms with Gasteiger partial charge in [0.05, 0.1) is 12.5 Å². The summed E-state index contributed by atoms with van der Waals surface area (Å²) < 4.78 is 5.06. The molecule has 2 amide bonds. The quantitative estimate of drug-likeness (QED) is 0.790. The maximum atomic E-state index is 11.4. The smallest absolute Gasteiger partial charge is 0.230 e. The zero-order valence-electron chi connectivity index (χ0n) is 9.73. The van der Waals surface area contributed by atoms with E-state index in [1.54, 1.807) is 7.11 Å². The molecule has 0 aromatic heterocycles. The second-order valence-electron chi connectivity index (χ2n) is 4.27. The number of nitrogens with one attached hydrogen (secondary N) is 1. The van der Waals surface area contributed by atoms with Crippen molar-refractivity contribution in [3.63, 3.8) is 0 Å². The number of rotatable bonds is 4. The molecule has 1 aromatic carbocycles. The molecule has 1 aliphatic heterocycles. The minimum atomic E-state index is -0.222. The van der Waals surface area contributed by atoms with Crippen LogP contribution < -0.4 is 5.32 Å². The highest BCUT2D eigenvalue weighted by Gasteiger charge is 2.30. The number of imide groups is 1. The predicted molar refractivity (Wildman–Crippen MR) is 62.1 cm³/mol. The van der Waals surface area contributed by atoms with Crippen molar-refractivity contribution < 1.29 is 14.3 Å². The summed E-state index contributed by atoms with van der Waals surface area (Å²) in [5, 5.41) is 2.32. The lowest BCUT2D eigenvalue weighted by atomic mass is 9.97. The van der Waals surface area contributed by atoms with Crippen molar-refractivity contribution in [3.8, 4) is 0 Å². The minimum Gasteiger partial charge on any atom is -0.380 e. The summed E-state index contributed by atoms with van der Waals surface area (Å²) in [7, 11) is 1.65. The van der Waals surface area contributed by atoms with E-state index in [0.717, 1.165) is 11.1 Å². The molecule has 90 valence electrons. The van der Waals surface area contributed by atoms with Gasteiger partial charge in [-0.1, -0.05) is 24.3 Å². The normalized spacial score (nSPS) is 19.5. The van der Waals surface area contributed by atoms with Gasteiger partial charge in [-0.15, -0.1) is 0 Å². The van der Waals surface area contributed by atoms with E-state index in [-0.39, 0.29) is 17.7 Å². The first kappa shape index (κ1) is 11.8. The third kappa shape index (κ3) is 2.91. The van der Waals surface area contributed by atoms with Gasteiger partial charge in [0.1, 0.15) is 0 Å². The van der Waals surface area contributed by atoms with E-state index in [4.69, 9.17) is 4.74 Å². The van der Waals surface area contributed by atoms with Gasteiger partial charge in [0.2, 0.25) is 11.8 Å². The molecule has 1 N–H and O–H groups in total. The van der Waals surface area contributed by atoms with Crippen LogP contribution in [0, 0.1) is 5.92 Å². The number of hydrogen-bond acceptors (Lipinski definition) is 3. The first-order valence-corrected chi connectivity index (χ1v) is 5.59. The van der Waals surface area contributed by atoms with E-state index < -0.39 is 0 Å². The summed E-state index contributed by atoms with van der Waals surface area (Å²) in [4.78, 5) is 22.5. The van der Waals surface area contributed by atoms with Crippen molar-refractivity contribution in [3.05, 3.63) is 35.4 Å². The molecule has 1 fully saturated rings. The highest BCUT2D eigenvalue weighted by Crippen LogP contribution is 2.18. The van der Waals surface area contributed by atoms with E-state index in [1.807, 2.05) is 24.3 Å². The van der Waals surface area contributed by atoms with Gasteiger partial charge in [-0.3, -0.25) is 14.9 Å². The molecule has 4 heteroatoms. The highest BCUT2D eigenvalue weighted by atomic mass is 16.5. The zero-order valence-corrected chi connectivity index (χ0v) is 9.73. The van der Waals surface area contributed by atoms with Crippen LogP contribution in [0.5, 0.6) is 0 Å². The van der Waals surface area contributed by atoms with Crippen LogP contribution in [0.2, 0.25) is 0 Å². The summed E-state index contributed by atoms with van der Waals surface area (Å²) in [6, 6.07) is 7.90. The third-order valence-corrected chi connectivity index (χ3v) is 2.85. The molecule has 1 unspecified atom stereocenters. The second kappa shape index (κ2) is 5.10. The molecule has 1 heterocycles. The van der Waals surface area contributed by atoms with Crippen LogP contribution >= 0.6 is 0 Å². The molecular weight excluding hydrogens is 218 g/mol. The number of amides is 2. The van der Waals surface area contributed by atoms with Gasteiger partial charge >= 0.3 is 0 Å². The Kier molecular flexibility index (Phi) is 3.54. The molecule has 1 atom stereocenters. The van der Waals surface area contributed by atoms with E-state index >= 15 is 0 Å². The molecule has 0 saturated carbocycles. The number of ether oxygens (including phenoxy) is 1. The predicted octanol–water partition coefficient (Wildman–Crippen LogP) is 1.04. The SMILES string of the molecule is COCc1cccc(CC2CC(=O)NC2=O)c1. The molecule has 2 rings (SSSR count). The summed E-state index contributed by atoms with van der Waals surface area (Å²) >= 11 is 0. The van der Waals surface area contributed by atoms with E-state index in [1.165, 1.54) is 0 Å². The Labute approximate surface area is 100.0 Å². The Morgan fingerprint density at radius 2 is 2.12 bits per heavy atom. The highest BCUT2D eigenvalue weighted by molar-refractivity contribution is 6.03. The van der Waals surface area contributed by atoms with Crippen LogP contribution in [0.3, 0.4) is 0 Å². The topological polar surface area (TPSA) is 55.4 Å². The monoisotopic (exact) mass is 233 g/mol. The minimum absolute atomic E-state index is 0.160. The number of carbonyl (C=O) groups is 2. The summed E-state index contributed by atoms with van der Waals surface area (Å²) in [5.74, 6) is -0.555. The Hall–Kier alpha value is -1.68. The Bertz CT molecular complexity index is 442. The molecule has 0 bridgehead atoms. The van der Waals surface area contributed by atoms with Gasteiger partial charge in [-0.25, -0.2) is 0 Å². The van der Waals surface area contributed by atoms with Crippen LogP contribution in [0.4, 0.5) is 0 Å². The largest absolute Gasteiger partial charge is 0.380 e. The van der Waals surface area contributed by atoms with Gasteiger partial charge in [0.15, 0.2) is 0 Å². The maximum Gasteiger partial charge on any atom is 0.230 e. The van der Waals surface area contributed by atoms with Crippen LogP contribution in [0.15, 0.2) is 24.3 Å². The van der Waals surface area contributed by atoms with Crippen LogP contribution in [-0.4, -0.2) is 18.9 Å². The van der Waals surface area contributed by atoms with Crippen molar-refractivity contribution in [2.24, 2.45) is 5.92 Å². The fraction of sp³-hybridized carbons (Fsp3) is 0.385. The molecule has 17 heavy (non-hydrogen) atoms. The van der Waals surface area contributed by atoms with Gasteiger partial charge in [0.25, 0.3) is 0 Å². The van der Waals surface area contributed by atoms with Crippen LogP contribution in [0.25, 0.3) is 0 Å². The first-order chi connectivity index (χ1) is 8.19. The maximum absolute atomic E-state index is 11.4. The van der Waals surface area contributed by atoms with Crippen molar-refractivity contribution in [1.82, 2.24) is 5.32 Å². The third-order valence-electron chi connectivity index (χ3n) is 2.85. The van der Waals surface area contributed by atoms with E-state index in [0.29, 0.717) is 19.4 Å². The Balaban J connectivity index is 2.05. The van der Waals surface area contributed by atoms with Crippen LogP contribution in [0.1, 0.15) is 17.5 Å². The Morgan fingerprint density at radius 1 is 1.35 bits per heavy atom. The first-order valence-electron chi connectivity index (χ1n) is 5.59. The van der Waals surface area contributed by atoms with Gasteiger partial charge in [-0.05, 0) is 17.5 Å². The standard InChI is InChI=1S/C13H15NO3/c1-17-8-10-4-2-3-9(5-10)6-11-7-12(15)14-13(11)16/h2-5,11H,6-8H2,1H3,(H,14,15,16). The number of methoxy groups -OCH3 is 1. The average Bonchev–Trinajstić information content (AvgIpc) is 2.58. The number of carbonyl (C=O) groups excluding carboxylic acids is 2. The lowest BCUT2D eigenvalue weighted by Gasteiger charge is -2.07. The van der Waals surface area contributed by atoms with Crippen molar-refractivity contribution in [1.29, 1.82) is 0 Å². The van der Waals surface area contributed by atoms with Crippen LogP contribution in [-0.2, 0) is 27.4 Å². The number of benzene rings is 1. The van der Waals surface area contributed by atoms with Crippen molar-refractivity contribution >= 4 is 11.8 Å². The van der Waals surface area contributed by atoms with E-state index in [2.05, 4.69) is 5.32 Å². The van der Waals surface area contributed by atoms with E-state index in [9.17, 15) is 9.59 Å². The lowest BCUT2D eigenvalue weighted by Crippen LogP contribution is -2.22. The molecule has 1 aromatic rings. The molecule has 0 aliphatic carbocycles. The number of hydrogen-bond donors (Lipinski definition) is 1. The second-order valence-corrected chi connectivity index (χ2v) is 4.27.